The van der Waals surface area contributed by atoms with Crippen LogP contribution in [0.15, 0.2) is 157 Å². The maximum absolute atomic E-state index is 2.51. The number of fused-ring (bicyclic) bond motifs is 3. The number of hydrogen-bond donors (Lipinski definition) is 0. The second-order valence-corrected chi connectivity index (χ2v) is 16.3. The van der Waals surface area contributed by atoms with E-state index >= 15 is 0 Å². The molecule has 6 aromatic rings. The Labute approximate surface area is 304 Å². The maximum atomic E-state index is 2.51. The summed E-state index contributed by atoms with van der Waals surface area (Å²) < 4.78 is 0. The normalized spacial score (nSPS) is 14.5. The summed E-state index contributed by atoms with van der Waals surface area (Å²) in [7, 11) is 0. The molecule has 0 saturated heterocycles. The van der Waals surface area contributed by atoms with Crippen molar-refractivity contribution in [1.29, 1.82) is 0 Å². The zero-order valence-electron chi connectivity index (χ0n) is 30.7. The lowest BCUT2D eigenvalue weighted by atomic mass is 9.78. The zero-order chi connectivity index (χ0) is 35.3. The summed E-state index contributed by atoms with van der Waals surface area (Å²) in [4.78, 5) is 0. The molecule has 0 radical (unpaired) electrons. The SMILES string of the molecule is CC(C)(C)c1cc2c(cc1-c1ccccc1)Cc1cc(-c3ccc(C4=CC=CC4=Cc4cccc(-c5ccccc5)c4)cc3)c(C(C)(C)C)cc1-2. The molecule has 0 unspecified atom stereocenters. The van der Waals surface area contributed by atoms with E-state index in [0.29, 0.717) is 0 Å². The first kappa shape index (κ1) is 32.7. The number of allylic oxidation sites excluding steroid dienone is 5. The molecule has 0 nitrogen and oxygen atoms in total. The van der Waals surface area contributed by atoms with Crippen molar-refractivity contribution in [2.24, 2.45) is 0 Å². The minimum Gasteiger partial charge on any atom is -0.0622 e. The van der Waals surface area contributed by atoms with Gasteiger partial charge in [-0.3, -0.25) is 0 Å². The molecule has 0 saturated carbocycles. The van der Waals surface area contributed by atoms with Crippen LogP contribution < -0.4 is 0 Å². The minimum atomic E-state index is -0.00921. The molecule has 2 aliphatic carbocycles. The lowest BCUT2D eigenvalue weighted by Gasteiger charge is -2.26. The molecule has 0 aliphatic heterocycles. The van der Waals surface area contributed by atoms with Crippen molar-refractivity contribution in [3.05, 3.63) is 191 Å². The third-order valence-corrected chi connectivity index (χ3v) is 10.5. The fourth-order valence-electron chi connectivity index (χ4n) is 7.89. The molecule has 0 fully saturated rings. The van der Waals surface area contributed by atoms with Gasteiger partial charge in [-0.2, -0.15) is 0 Å². The fraction of sp³-hybridized carbons (Fsp3) is 0.176. The van der Waals surface area contributed by atoms with Crippen molar-refractivity contribution >= 4 is 11.6 Å². The van der Waals surface area contributed by atoms with Crippen molar-refractivity contribution in [3.8, 4) is 44.5 Å². The van der Waals surface area contributed by atoms with Crippen LogP contribution in [0.2, 0.25) is 0 Å². The topological polar surface area (TPSA) is 0 Å². The number of rotatable bonds is 5. The Balaban J connectivity index is 1.13. The van der Waals surface area contributed by atoms with E-state index in [1.807, 2.05) is 0 Å². The van der Waals surface area contributed by atoms with E-state index in [0.717, 1.165) is 6.42 Å². The van der Waals surface area contributed by atoms with Gasteiger partial charge in [0.2, 0.25) is 0 Å². The summed E-state index contributed by atoms with van der Waals surface area (Å²) in [6.45, 7) is 14.1. The quantitative estimate of drug-likeness (QED) is 0.173. The van der Waals surface area contributed by atoms with Crippen LogP contribution in [-0.2, 0) is 17.3 Å². The predicted octanol–water partition coefficient (Wildman–Crippen LogP) is 13.9. The Morgan fingerprint density at radius 2 is 0.961 bits per heavy atom. The van der Waals surface area contributed by atoms with E-state index in [4.69, 9.17) is 0 Å². The highest BCUT2D eigenvalue weighted by Crippen LogP contribution is 2.47. The third-order valence-electron chi connectivity index (χ3n) is 10.5. The van der Waals surface area contributed by atoms with Crippen LogP contribution in [0, 0.1) is 0 Å². The largest absolute Gasteiger partial charge is 0.0622 e. The van der Waals surface area contributed by atoms with Crippen molar-refractivity contribution in [1.82, 2.24) is 0 Å². The first-order valence-corrected chi connectivity index (χ1v) is 18.3. The van der Waals surface area contributed by atoms with Gasteiger partial charge in [0, 0.05) is 0 Å². The molecular weight excluding hydrogens is 613 g/mol. The average molecular weight is 659 g/mol. The molecule has 0 bridgehead atoms. The molecular formula is C51H46. The van der Waals surface area contributed by atoms with Gasteiger partial charge in [-0.05, 0) is 143 Å². The number of hydrogen-bond acceptors (Lipinski definition) is 0. The Morgan fingerprint density at radius 3 is 1.53 bits per heavy atom. The van der Waals surface area contributed by atoms with Gasteiger partial charge in [0.05, 0.1) is 0 Å². The molecule has 2 aliphatic rings. The van der Waals surface area contributed by atoms with Gasteiger partial charge in [0.25, 0.3) is 0 Å². The molecule has 8 rings (SSSR count). The van der Waals surface area contributed by atoms with Gasteiger partial charge in [-0.15, -0.1) is 0 Å². The van der Waals surface area contributed by atoms with E-state index in [1.165, 1.54) is 89.0 Å². The first-order chi connectivity index (χ1) is 24.5. The predicted molar refractivity (Wildman–Crippen MR) is 220 cm³/mol. The second-order valence-electron chi connectivity index (χ2n) is 16.3. The van der Waals surface area contributed by atoms with Crippen LogP contribution in [0.4, 0.5) is 0 Å². The maximum Gasteiger partial charge on any atom is -0.00130 e. The summed E-state index contributed by atoms with van der Waals surface area (Å²) in [5, 5.41) is 0. The highest BCUT2D eigenvalue weighted by molar-refractivity contribution is 5.92. The molecule has 0 heteroatoms. The Kier molecular flexibility index (Phi) is 8.15. The van der Waals surface area contributed by atoms with Crippen LogP contribution in [0.5, 0.6) is 0 Å². The van der Waals surface area contributed by atoms with Crippen molar-refractivity contribution in [3.63, 3.8) is 0 Å². The standard InChI is InChI=1S/C51H46/c1-50(2,3)48-32-44-41(30-46(48)36-18-11-8-12-19-36)29-42-31-47(49(33-45(42)44)51(4,5)6)38-25-23-37(24-26-38)43-22-14-21-40(43)28-34-15-13-20-39(27-34)35-16-9-7-10-17-35/h7-28,30-33H,29H2,1-6H3. The first-order valence-electron chi connectivity index (χ1n) is 18.3. The summed E-state index contributed by atoms with van der Waals surface area (Å²) in [6, 6.07) is 49.6. The van der Waals surface area contributed by atoms with Crippen molar-refractivity contribution < 1.29 is 0 Å². The summed E-state index contributed by atoms with van der Waals surface area (Å²) >= 11 is 0. The van der Waals surface area contributed by atoms with E-state index < -0.39 is 0 Å². The highest BCUT2D eigenvalue weighted by atomic mass is 14.3. The van der Waals surface area contributed by atoms with Gasteiger partial charge < -0.3 is 0 Å². The van der Waals surface area contributed by atoms with E-state index in [-0.39, 0.29) is 10.8 Å². The van der Waals surface area contributed by atoms with E-state index in [1.54, 1.807) is 0 Å². The molecule has 0 amide bonds. The molecule has 0 spiro atoms. The molecule has 0 atom stereocenters. The fourth-order valence-corrected chi connectivity index (χ4v) is 7.89. The van der Waals surface area contributed by atoms with Crippen molar-refractivity contribution in [2.45, 2.75) is 58.8 Å². The van der Waals surface area contributed by atoms with E-state index in [2.05, 4.69) is 199 Å². The van der Waals surface area contributed by atoms with Gasteiger partial charge in [0.1, 0.15) is 0 Å². The van der Waals surface area contributed by atoms with Crippen LogP contribution in [0.3, 0.4) is 0 Å². The Hall–Kier alpha value is -5.46. The lowest BCUT2D eigenvalue weighted by molar-refractivity contribution is 0.591. The molecule has 250 valence electrons. The van der Waals surface area contributed by atoms with Crippen LogP contribution in [0.1, 0.15) is 74.9 Å². The summed E-state index contributed by atoms with van der Waals surface area (Å²) in [6.07, 6.45) is 9.90. The lowest BCUT2D eigenvalue weighted by Crippen LogP contribution is -2.14. The van der Waals surface area contributed by atoms with E-state index in [9.17, 15) is 0 Å². The van der Waals surface area contributed by atoms with Crippen LogP contribution in [-0.4, -0.2) is 0 Å². The van der Waals surface area contributed by atoms with Crippen molar-refractivity contribution in [2.75, 3.05) is 0 Å². The zero-order valence-corrected chi connectivity index (χ0v) is 30.7. The second kappa shape index (κ2) is 12.7. The highest BCUT2D eigenvalue weighted by Gasteiger charge is 2.29. The molecule has 0 aromatic heterocycles. The van der Waals surface area contributed by atoms with Gasteiger partial charge >= 0.3 is 0 Å². The Morgan fingerprint density at radius 1 is 0.451 bits per heavy atom. The number of benzene rings is 6. The summed E-state index contributed by atoms with van der Waals surface area (Å²) in [5.41, 5.74) is 21.2. The molecule has 0 heterocycles. The average Bonchev–Trinajstić information content (AvgIpc) is 3.74. The Bertz CT molecular complexity index is 2350. The summed E-state index contributed by atoms with van der Waals surface area (Å²) in [5.74, 6) is 0. The van der Waals surface area contributed by atoms with Gasteiger partial charge in [-0.25, -0.2) is 0 Å². The monoisotopic (exact) mass is 658 g/mol. The minimum absolute atomic E-state index is 0.00921. The van der Waals surface area contributed by atoms with Crippen LogP contribution >= 0.6 is 0 Å². The smallest absolute Gasteiger partial charge is 0.00130 e. The molecule has 6 aromatic carbocycles. The van der Waals surface area contributed by atoms with Gasteiger partial charge in [-0.1, -0.05) is 163 Å². The van der Waals surface area contributed by atoms with Crippen LogP contribution in [0.25, 0.3) is 56.2 Å². The van der Waals surface area contributed by atoms with Gasteiger partial charge in [0.15, 0.2) is 0 Å². The molecule has 0 N–H and O–H groups in total. The molecule has 51 heavy (non-hydrogen) atoms. The third kappa shape index (κ3) is 6.36.